The highest BCUT2D eigenvalue weighted by atomic mass is 79.9. The Morgan fingerprint density at radius 2 is 1.75 bits per heavy atom. The molecule has 0 aliphatic rings. The molecule has 3 aromatic rings. The molecule has 1 aromatic heterocycles. The molecule has 0 saturated heterocycles. The highest BCUT2D eigenvalue weighted by Gasteiger charge is 2.07. The molecule has 0 amide bonds. The van der Waals surface area contributed by atoms with Crippen molar-refractivity contribution >= 4 is 48.6 Å². The molecule has 1 heterocycles. The molecule has 2 aromatic carbocycles. The van der Waals surface area contributed by atoms with Crippen LogP contribution in [0.15, 0.2) is 51.5 Å². The third-order valence-corrected chi connectivity index (χ3v) is 3.76. The van der Waals surface area contributed by atoms with Crippen LogP contribution in [0.5, 0.6) is 11.6 Å². The minimum absolute atomic E-state index is 0.174. The number of ether oxygens (including phenoxy) is 1. The second kappa shape index (κ2) is 5.38. The quantitative estimate of drug-likeness (QED) is 0.693. The molecule has 0 unspecified atom stereocenters. The molecule has 0 radical (unpaired) electrons. The van der Waals surface area contributed by atoms with Gasteiger partial charge in [0, 0.05) is 4.47 Å². The topological polar surface area (TPSA) is 61.0 Å². The number of nitrogens with two attached hydrogens (primary N) is 1. The summed E-state index contributed by atoms with van der Waals surface area (Å²) >= 11 is 6.79. The Morgan fingerprint density at radius 3 is 2.60 bits per heavy atom. The van der Waals surface area contributed by atoms with Gasteiger partial charge in [-0.1, -0.05) is 28.1 Å². The molecule has 6 heteroatoms. The Morgan fingerprint density at radius 1 is 1.00 bits per heavy atom. The minimum Gasteiger partial charge on any atom is -0.438 e. The van der Waals surface area contributed by atoms with Crippen molar-refractivity contribution < 1.29 is 4.74 Å². The third-order valence-electron chi connectivity index (χ3n) is 2.72. The van der Waals surface area contributed by atoms with Crippen LogP contribution in [-0.2, 0) is 0 Å². The van der Waals surface area contributed by atoms with Crippen molar-refractivity contribution in [3.05, 3.63) is 51.5 Å². The first kappa shape index (κ1) is 13.3. The van der Waals surface area contributed by atoms with Gasteiger partial charge >= 0.3 is 0 Å². The first-order valence-electron chi connectivity index (χ1n) is 5.77. The van der Waals surface area contributed by atoms with Gasteiger partial charge in [0.05, 0.1) is 10.7 Å². The Kier molecular flexibility index (Phi) is 3.58. The van der Waals surface area contributed by atoms with Crippen LogP contribution >= 0.6 is 31.9 Å². The maximum Gasteiger partial charge on any atom is 0.238 e. The Bertz CT molecular complexity index is 792. The maximum atomic E-state index is 5.74. The SMILES string of the molecule is Nc1ncc(Br)c(Oc2ccc3cc(Br)ccc3c2)n1. The van der Waals surface area contributed by atoms with Gasteiger partial charge in [-0.25, -0.2) is 4.98 Å². The Hall–Kier alpha value is -1.66. The minimum atomic E-state index is 0.174. The van der Waals surface area contributed by atoms with E-state index in [9.17, 15) is 0 Å². The average molecular weight is 395 g/mol. The molecular weight excluding hydrogens is 386 g/mol. The third kappa shape index (κ3) is 2.76. The van der Waals surface area contributed by atoms with Crippen molar-refractivity contribution in [1.82, 2.24) is 9.97 Å². The Labute approximate surface area is 132 Å². The number of halogens is 2. The van der Waals surface area contributed by atoms with Crippen LogP contribution in [-0.4, -0.2) is 9.97 Å². The lowest BCUT2D eigenvalue weighted by molar-refractivity contribution is 0.460. The van der Waals surface area contributed by atoms with E-state index in [1.165, 1.54) is 0 Å². The monoisotopic (exact) mass is 393 g/mol. The molecule has 3 rings (SSSR count). The van der Waals surface area contributed by atoms with E-state index in [1.807, 2.05) is 30.3 Å². The molecule has 20 heavy (non-hydrogen) atoms. The number of nitrogens with zero attached hydrogens (tertiary/aromatic N) is 2. The molecule has 100 valence electrons. The first-order valence-corrected chi connectivity index (χ1v) is 7.35. The Balaban J connectivity index is 1.98. The van der Waals surface area contributed by atoms with Crippen molar-refractivity contribution in [1.29, 1.82) is 0 Å². The standard InChI is InChI=1S/C14H9Br2N3O/c15-10-3-1-9-6-11(4-2-8(9)5-10)20-13-12(16)7-18-14(17)19-13/h1-7H,(H2,17,18,19). The largest absolute Gasteiger partial charge is 0.438 e. The highest BCUT2D eigenvalue weighted by Crippen LogP contribution is 2.30. The van der Waals surface area contributed by atoms with Crippen molar-refractivity contribution in [3.8, 4) is 11.6 Å². The molecular formula is C14H9Br2N3O. The lowest BCUT2D eigenvalue weighted by atomic mass is 10.1. The zero-order valence-electron chi connectivity index (χ0n) is 10.2. The molecule has 0 fully saturated rings. The van der Waals surface area contributed by atoms with Crippen LogP contribution in [0.4, 0.5) is 5.95 Å². The number of nitrogen functional groups attached to an aromatic ring is 1. The number of rotatable bonds is 2. The van der Waals surface area contributed by atoms with Gasteiger partial charge in [0.25, 0.3) is 0 Å². The number of fused-ring (bicyclic) bond motifs is 1. The van der Waals surface area contributed by atoms with Gasteiger partial charge < -0.3 is 10.5 Å². The van der Waals surface area contributed by atoms with Gasteiger partial charge in [0.2, 0.25) is 11.8 Å². The van der Waals surface area contributed by atoms with E-state index in [1.54, 1.807) is 6.20 Å². The second-order valence-corrected chi connectivity index (χ2v) is 5.91. The number of benzene rings is 2. The van der Waals surface area contributed by atoms with Crippen LogP contribution in [0.3, 0.4) is 0 Å². The van der Waals surface area contributed by atoms with E-state index in [2.05, 4.69) is 47.9 Å². The summed E-state index contributed by atoms with van der Waals surface area (Å²) < 4.78 is 7.44. The molecule has 0 bridgehead atoms. The number of hydrogen-bond acceptors (Lipinski definition) is 4. The van der Waals surface area contributed by atoms with Gasteiger partial charge in [-0.3, -0.25) is 0 Å². The van der Waals surface area contributed by atoms with E-state index < -0.39 is 0 Å². The van der Waals surface area contributed by atoms with E-state index in [0.29, 0.717) is 16.1 Å². The smallest absolute Gasteiger partial charge is 0.238 e. The summed E-state index contributed by atoms with van der Waals surface area (Å²) in [4.78, 5) is 7.93. The van der Waals surface area contributed by atoms with E-state index in [0.717, 1.165) is 15.2 Å². The van der Waals surface area contributed by atoms with Gasteiger partial charge in [-0.15, -0.1) is 0 Å². The lowest BCUT2D eigenvalue weighted by Crippen LogP contribution is -1.97. The van der Waals surface area contributed by atoms with Crippen molar-refractivity contribution in [2.45, 2.75) is 0 Å². The summed E-state index contributed by atoms with van der Waals surface area (Å²) in [5.41, 5.74) is 5.56. The van der Waals surface area contributed by atoms with Crippen molar-refractivity contribution in [3.63, 3.8) is 0 Å². The fourth-order valence-electron chi connectivity index (χ4n) is 1.81. The zero-order valence-corrected chi connectivity index (χ0v) is 13.3. The van der Waals surface area contributed by atoms with Gasteiger partial charge in [-0.2, -0.15) is 4.98 Å². The fourth-order valence-corrected chi connectivity index (χ4v) is 2.46. The second-order valence-electron chi connectivity index (χ2n) is 4.14. The number of aromatic nitrogens is 2. The van der Waals surface area contributed by atoms with Gasteiger partial charge in [-0.05, 0) is 51.0 Å². The molecule has 0 aliphatic heterocycles. The van der Waals surface area contributed by atoms with Crippen LogP contribution in [0.25, 0.3) is 10.8 Å². The van der Waals surface area contributed by atoms with Gasteiger partial charge in [0.1, 0.15) is 5.75 Å². The molecule has 0 saturated carbocycles. The summed E-state index contributed by atoms with van der Waals surface area (Å²) in [6, 6.07) is 11.9. The number of hydrogen-bond donors (Lipinski definition) is 1. The normalized spacial score (nSPS) is 10.7. The predicted octanol–water partition coefficient (Wildman–Crippen LogP) is 4.53. The van der Waals surface area contributed by atoms with Crippen molar-refractivity contribution in [2.75, 3.05) is 5.73 Å². The number of anilines is 1. The predicted molar refractivity (Wildman–Crippen MR) is 85.9 cm³/mol. The zero-order chi connectivity index (χ0) is 14.1. The van der Waals surface area contributed by atoms with E-state index in [4.69, 9.17) is 10.5 Å². The van der Waals surface area contributed by atoms with E-state index >= 15 is 0 Å². The van der Waals surface area contributed by atoms with Crippen LogP contribution in [0.2, 0.25) is 0 Å². The van der Waals surface area contributed by atoms with Crippen LogP contribution in [0, 0.1) is 0 Å². The molecule has 0 aliphatic carbocycles. The molecule has 0 atom stereocenters. The summed E-state index contributed by atoms with van der Waals surface area (Å²) in [7, 11) is 0. The summed E-state index contributed by atoms with van der Waals surface area (Å²) in [5, 5.41) is 2.22. The average Bonchev–Trinajstić information content (AvgIpc) is 2.43. The van der Waals surface area contributed by atoms with Crippen LogP contribution in [0.1, 0.15) is 0 Å². The van der Waals surface area contributed by atoms with Crippen LogP contribution < -0.4 is 10.5 Å². The maximum absolute atomic E-state index is 5.74. The fraction of sp³-hybridized carbons (Fsp3) is 0. The summed E-state index contributed by atoms with van der Waals surface area (Å²) in [6.45, 7) is 0. The highest BCUT2D eigenvalue weighted by molar-refractivity contribution is 9.10. The van der Waals surface area contributed by atoms with Crippen molar-refractivity contribution in [2.24, 2.45) is 0 Å². The van der Waals surface area contributed by atoms with E-state index in [-0.39, 0.29) is 5.95 Å². The summed E-state index contributed by atoms with van der Waals surface area (Å²) in [6.07, 6.45) is 1.57. The molecule has 2 N–H and O–H groups in total. The van der Waals surface area contributed by atoms with Gasteiger partial charge in [0.15, 0.2) is 0 Å². The molecule has 4 nitrogen and oxygen atoms in total. The molecule has 0 spiro atoms. The summed E-state index contributed by atoms with van der Waals surface area (Å²) in [5.74, 6) is 1.26. The lowest BCUT2D eigenvalue weighted by Gasteiger charge is -2.08. The first-order chi connectivity index (χ1) is 9.61.